The summed E-state index contributed by atoms with van der Waals surface area (Å²) in [5, 5.41) is 11.3. The summed E-state index contributed by atoms with van der Waals surface area (Å²) in [6, 6.07) is 6.86. The lowest BCUT2D eigenvalue weighted by Gasteiger charge is -2.22. The standard InChI is InChI=1S/C15H16Cl2N4O2/c16-10-1-2-13(12(17)7-10)21-5-3-14(20-21)19-15(22)8-11-9-18-4-6-23-11/h1-3,5,7,11,18H,4,6,8-9H2,(H,19,20,22). The molecule has 0 spiro atoms. The second kappa shape index (κ2) is 7.31. The van der Waals surface area contributed by atoms with Gasteiger partial charge in [0, 0.05) is 30.4 Å². The summed E-state index contributed by atoms with van der Waals surface area (Å²) in [4.78, 5) is 12.0. The molecule has 6 nitrogen and oxygen atoms in total. The van der Waals surface area contributed by atoms with Gasteiger partial charge in [-0.15, -0.1) is 0 Å². The van der Waals surface area contributed by atoms with Crippen LogP contribution in [0.3, 0.4) is 0 Å². The predicted molar refractivity (Wildman–Crippen MR) is 89.4 cm³/mol. The van der Waals surface area contributed by atoms with E-state index < -0.39 is 0 Å². The van der Waals surface area contributed by atoms with Crippen LogP contribution in [0.1, 0.15) is 6.42 Å². The second-order valence-corrected chi connectivity index (χ2v) is 6.03. The molecule has 1 aromatic heterocycles. The molecule has 1 aromatic carbocycles. The number of benzene rings is 1. The number of halogens is 2. The molecule has 3 rings (SSSR count). The summed E-state index contributed by atoms with van der Waals surface area (Å²) in [6.07, 6.45) is 1.92. The number of anilines is 1. The van der Waals surface area contributed by atoms with E-state index in [4.69, 9.17) is 27.9 Å². The molecule has 1 unspecified atom stereocenters. The highest BCUT2D eigenvalue weighted by atomic mass is 35.5. The van der Waals surface area contributed by atoms with E-state index in [1.54, 1.807) is 35.1 Å². The normalized spacial score (nSPS) is 17.9. The van der Waals surface area contributed by atoms with Crippen molar-refractivity contribution >= 4 is 34.9 Å². The number of morpholine rings is 1. The Morgan fingerprint density at radius 3 is 3.04 bits per heavy atom. The van der Waals surface area contributed by atoms with Crippen LogP contribution >= 0.6 is 23.2 Å². The molecule has 2 heterocycles. The van der Waals surface area contributed by atoms with E-state index in [-0.39, 0.29) is 12.0 Å². The van der Waals surface area contributed by atoms with Gasteiger partial charge >= 0.3 is 0 Å². The fourth-order valence-electron chi connectivity index (χ4n) is 2.34. The van der Waals surface area contributed by atoms with E-state index in [9.17, 15) is 4.79 Å². The molecule has 1 amide bonds. The van der Waals surface area contributed by atoms with E-state index in [2.05, 4.69) is 15.7 Å². The average Bonchev–Trinajstić information content (AvgIpc) is 2.96. The molecule has 2 aromatic rings. The highest BCUT2D eigenvalue weighted by molar-refractivity contribution is 6.35. The molecule has 122 valence electrons. The van der Waals surface area contributed by atoms with Crippen molar-refractivity contribution in [1.29, 1.82) is 0 Å². The Balaban J connectivity index is 1.63. The van der Waals surface area contributed by atoms with Crippen molar-refractivity contribution in [3.05, 3.63) is 40.5 Å². The number of carbonyl (C=O) groups excluding carboxylic acids is 1. The zero-order chi connectivity index (χ0) is 16.2. The number of amides is 1. The lowest BCUT2D eigenvalue weighted by Crippen LogP contribution is -2.40. The third-order valence-corrected chi connectivity index (χ3v) is 3.97. The van der Waals surface area contributed by atoms with Crippen molar-refractivity contribution in [1.82, 2.24) is 15.1 Å². The van der Waals surface area contributed by atoms with Gasteiger partial charge < -0.3 is 15.4 Å². The molecule has 23 heavy (non-hydrogen) atoms. The quantitative estimate of drug-likeness (QED) is 0.884. The molecular formula is C15H16Cl2N4O2. The smallest absolute Gasteiger partial charge is 0.228 e. The molecule has 0 saturated carbocycles. The van der Waals surface area contributed by atoms with Gasteiger partial charge in [0.15, 0.2) is 5.82 Å². The maximum absolute atomic E-state index is 12.0. The third kappa shape index (κ3) is 4.23. The molecule has 1 atom stereocenters. The molecule has 0 bridgehead atoms. The summed E-state index contributed by atoms with van der Waals surface area (Å²) in [5.74, 6) is 0.330. The van der Waals surface area contributed by atoms with E-state index in [1.807, 2.05) is 0 Å². The Morgan fingerprint density at radius 2 is 2.30 bits per heavy atom. The SMILES string of the molecule is O=C(CC1CNCCO1)Nc1ccn(-c2ccc(Cl)cc2Cl)n1. The van der Waals surface area contributed by atoms with E-state index in [1.165, 1.54) is 0 Å². The van der Waals surface area contributed by atoms with Crippen LogP contribution < -0.4 is 10.6 Å². The minimum atomic E-state index is -0.133. The van der Waals surface area contributed by atoms with Crippen LogP contribution in [0.2, 0.25) is 10.0 Å². The number of carbonyl (C=O) groups is 1. The van der Waals surface area contributed by atoms with Crippen molar-refractivity contribution in [2.75, 3.05) is 25.0 Å². The maximum Gasteiger partial charge on any atom is 0.228 e. The summed E-state index contributed by atoms with van der Waals surface area (Å²) < 4.78 is 7.10. The fraction of sp³-hybridized carbons (Fsp3) is 0.333. The van der Waals surface area contributed by atoms with Crippen molar-refractivity contribution in [3.63, 3.8) is 0 Å². The molecule has 0 radical (unpaired) electrons. The minimum Gasteiger partial charge on any atom is -0.375 e. The van der Waals surface area contributed by atoms with Gasteiger partial charge in [0.05, 0.1) is 29.8 Å². The Morgan fingerprint density at radius 1 is 1.43 bits per heavy atom. The zero-order valence-electron chi connectivity index (χ0n) is 12.3. The summed E-state index contributed by atoms with van der Waals surface area (Å²) in [5.41, 5.74) is 0.691. The first-order chi connectivity index (χ1) is 11.1. The van der Waals surface area contributed by atoms with E-state index >= 15 is 0 Å². The monoisotopic (exact) mass is 354 g/mol. The lowest BCUT2D eigenvalue weighted by molar-refractivity contribution is -0.119. The Hall–Kier alpha value is -1.60. The first-order valence-electron chi connectivity index (χ1n) is 7.25. The van der Waals surface area contributed by atoms with Gasteiger partial charge in [-0.1, -0.05) is 23.2 Å². The van der Waals surface area contributed by atoms with Crippen molar-refractivity contribution in [2.24, 2.45) is 0 Å². The Bertz CT molecular complexity index is 699. The van der Waals surface area contributed by atoms with Gasteiger partial charge in [-0.05, 0) is 18.2 Å². The van der Waals surface area contributed by atoms with Gasteiger partial charge in [-0.25, -0.2) is 4.68 Å². The minimum absolute atomic E-state index is 0.100. The van der Waals surface area contributed by atoms with Gasteiger partial charge in [-0.3, -0.25) is 4.79 Å². The van der Waals surface area contributed by atoms with E-state index in [0.717, 1.165) is 6.54 Å². The highest BCUT2D eigenvalue weighted by Crippen LogP contribution is 2.24. The number of nitrogens with zero attached hydrogens (tertiary/aromatic N) is 2. The predicted octanol–water partition coefficient (Wildman–Crippen LogP) is 2.50. The molecule has 1 aliphatic heterocycles. The topological polar surface area (TPSA) is 68.2 Å². The first kappa shape index (κ1) is 16.3. The first-order valence-corrected chi connectivity index (χ1v) is 8.01. The highest BCUT2D eigenvalue weighted by Gasteiger charge is 2.18. The Kier molecular flexibility index (Phi) is 5.17. The van der Waals surface area contributed by atoms with Crippen LogP contribution in [-0.4, -0.2) is 41.5 Å². The van der Waals surface area contributed by atoms with Crippen LogP contribution in [0, 0.1) is 0 Å². The number of nitrogens with one attached hydrogen (secondary N) is 2. The van der Waals surface area contributed by atoms with Crippen LogP contribution in [0.4, 0.5) is 5.82 Å². The lowest BCUT2D eigenvalue weighted by atomic mass is 10.2. The largest absolute Gasteiger partial charge is 0.375 e. The average molecular weight is 355 g/mol. The van der Waals surface area contributed by atoms with Crippen LogP contribution in [0.5, 0.6) is 0 Å². The molecule has 2 N–H and O–H groups in total. The molecular weight excluding hydrogens is 339 g/mol. The third-order valence-electron chi connectivity index (χ3n) is 3.43. The van der Waals surface area contributed by atoms with Gasteiger partial charge in [0.2, 0.25) is 5.91 Å². The van der Waals surface area contributed by atoms with Crippen LogP contribution in [0.25, 0.3) is 5.69 Å². The van der Waals surface area contributed by atoms with Crippen molar-refractivity contribution < 1.29 is 9.53 Å². The van der Waals surface area contributed by atoms with Gasteiger partial charge in [-0.2, -0.15) is 5.10 Å². The fourth-order valence-corrected chi connectivity index (χ4v) is 2.84. The summed E-state index contributed by atoms with van der Waals surface area (Å²) in [6.45, 7) is 2.13. The number of aromatic nitrogens is 2. The molecule has 1 saturated heterocycles. The Labute approximate surface area is 143 Å². The van der Waals surface area contributed by atoms with Crippen LogP contribution in [-0.2, 0) is 9.53 Å². The zero-order valence-corrected chi connectivity index (χ0v) is 13.8. The van der Waals surface area contributed by atoms with Crippen LogP contribution in [0.15, 0.2) is 30.5 Å². The number of ether oxygens (including phenoxy) is 1. The molecule has 8 heteroatoms. The summed E-state index contributed by atoms with van der Waals surface area (Å²) >= 11 is 12.0. The second-order valence-electron chi connectivity index (χ2n) is 5.19. The van der Waals surface area contributed by atoms with Gasteiger partial charge in [0.1, 0.15) is 0 Å². The molecule has 1 aliphatic rings. The number of rotatable bonds is 4. The number of hydrogen-bond donors (Lipinski definition) is 2. The summed E-state index contributed by atoms with van der Waals surface area (Å²) in [7, 11) is 0. The number of hydrogen-bond acceptors (Lipinski definition) is 4. The van der Waals surface area contributed by atoms with Crippen molar-refractivity contribution in [3.8, 4) is 5.69 Å². The maximum atomic E-state index is 12.0. The molecule has 1 fully saturated rings. The van der Waals surface area contributed by atoms with E-state index in [0.29, 0.717) is 41.1 Å². The van der Waals surface area contributed by atoms with Crippen molar-refractivity contribution in [2.45, 2.75) is 12.5 Å². The van der Waals surface area contributed by atoms with Gasteiger partial charge in [0.25, 0.3) is 0 Å². The molecule has 0 aliphatic carbocycles.